The van der Waals surface area contributed by atoms with Crippen molar-refractivity contribution in [2.45, 2.75) is 20.3 Å². The molecule has 0 saturated carbocycles. The number of hydrogen-bond donors (Lipinski definition) is 2. The minimum absolute atomic E-state index is 0.695. The number of aromatic nitrogens is 1. The van der Waals surface area contributed by atoms with E-state index in [1.165, 1.54) is 0 Å². The molecule has 0 saturated heterocycles. The highest BCUT2D eigenvalue weighted by Crippen LogP contribution is 2.29. The fourth-order valence-corrected chi connectivity index (χ4v) is 1.80. The average molecular weight is 231 g/mol. The minimum atomic E-state index is 0.695. The number of nitrogens with two attached hydrogens (primary N) is 1. The molecule has 0 atom stereocenters. The number of hydrazine groups is 1. The summed E-state index contributed by atoms with van der Waals surface area (Å²) in [5.41, 5.74) is 5.34. The number of rotatable bonds is 4. The Labute approximate surface area is 101 Å². The number of fused-ring (bicyclic) bond motifs is 1. The molecule has 0 aliphatic carbocycles. The summed E-state index contributed by atoms with van der Waals surface area (Å²) in [4.78, 5) is 4.52. The van der Waals surface area contributed by atoms with E-state index in [1.807, 2.05) is 31.2 Å². The van der Waals surface area contributed by atoms with Crippen LogP contribution in [0.15, 0.2) is 24.3 Å². The van der Waals surface area contributed by atoms with E-state index in [-0.39, 0.29) is 0 Å². The van der Waals surface area contributed by atoms with Gasteiger partial charge in [0.25, 0.3) is 0 Å². The summed E-state index contributed by atoms with van der Waals surface area (Å²) in [5.74, 6) is 6.33. The lowest BCUT2D eigenvalue weighted by Crippen LogP contribution is -2.08. The molecule has 1 heterocycles. The standard InChI is InChI=1S/C13H17N3O/c1-3-7-17-12-6-4-5-10-11(16-14)8-9(2)15-13(10)12/h4-6,8H,3,7,14H2,1-2H3,(H,15,16). The maximum absolute atomic E-state index is 5.69. The van der Waals surface area contributed by atoms with Crippen LogP contribution in [-0.2, 0) is 0 Å². The molecule has 0 fully saturated rings. The van der Waals surface area contributed by atoms with E-state index in [0.717, 1.165) is 34.5 Å². The van der Waals surface area contributed by atoms with Crippen molar-refractivity contribution < 1.29 is 4.74 Å². The number of nitrogens with one attached hydrogen (secondary N) is 1. The Morgan fingerprint density at radius 1 is 1.41 bits per heavy atom. The molecular formula is C13H17N3O. The first-order valence-electron chi connectivity index (χ1n) is 5.76. The number of pyridine rings is 1. The summed E-state index contributed by atoms with van der Waals surface area (Å²) in [5, 5.41) is 0.978. The molecule has 0 aliphatic heterocycles. The Morgan fingerprint density at radius 3 is 2.94 bits per heavy atom. The third-order valence-corrected chi connectivity index (χ3v) is 2.55. The first kappa shape index (κ1) is 11.7. The topological polar surface area (TPSA) is 60.2 Å². The van der Waals surface area contributed by atoms with E-state index in [4.69, 9.17) is 10.6 Å². The van der Waals surface area contributed by atoms with Gasteiger partial charge in [-0.1, -0.05) is 19.1 Å². The van der Waals surface area contributed by atoms with Gasteiger partial charge < -0.3 is 10.2 Å². The van der Waals surface area contributed by atoms with Crippen LogP contribution in [0.1, 0.15) is 19.0 Å². The average Bonchev–Trinajstić information content (AvgIpc) is 2.35. The SMILES string of the molecule is CCCOc1cccc2c(NN)cc(C)nc12. The third kappa shape index (κ3) is 2.31. The molecule has 0 unspecified atom stereocenters. The smallest absolute Gasteiger partial charge is 0.145 e. The highest BCUT2D eigenvalue weighted by Gasteiger charge is 2.07. The van der Waals surface area contributed by atoms with Gasteiger partial charge in [0.1, 0.15) is 11.3 Å². The summed E-state index contributed by atoms with van der Waals surface area (Å²) in [6.07, 6.45) is 0.976. The number of nitrogen functional groups attached to an aromatic ring is 1. The molecule has 2 rings (SSSR count). The Kier molecular flexibility index (Phi) is 3.44. The van der Waals surface area contributed by atoms with Crippen LogP contribution >= 0.6 is 0 Å². The largest absolute Gasteiger partial charge is 0.491 e. The fraction of sp³-hybridized carbons (Fsp3) is 0.308. The summed E-state index contributed by atoms with van der Waals surface area (Å²) in [7, 11) is 0. The number of nitrogens with zero attached hydrogens (tertiary/aromatic N) is 1. The predicted octanol–water partition coefficient (Wildman–Crippen LogP) is 2.62. The van der Waals surface area contributed by atoms with Crippen LogP contribution < -0.4 is 16.0 Å². The van der Waals surface area contributed by atoms with Gasteiger partial charge in [0.05, 0.1) is 12.3 Å². The van der Waals surface area contributed by atoms with Crippen molar-refractivity contribution in [1.82, 2.24) is 4.98 Å². The summed E-state index contributed by atoms with van der Waals surface area (Å²) < 4.78 is 5.69. The summed E-state index contributed by atoms with van der Waals surface area (Å²) in [6, 6.07) is 7.79. The Morgan fingerprint density at radius 2 is 2.24 bits per heavy atom. The second-order valence-electron chi connectivity index (χ2n) is 3.96. The zero-order valence-electron chi connectivity index (χ0n) is 10.2. The van der Waals surface area contributed by atoms with Crippen molar-refractivity contribution in [3.05, 3.63) is 30.0 Å². The molecule has 0 aliphatic rings. The maximum Gasteiger partial charge on any atom is 0.145 e. The second-order valence-corrected chi connectivity index (χ2v) is 3.96. The van der Waals surface area contributed by atoms with Gasteiger partial charge in [-0.05, 0) is 25.5 Å². The molecule has 0 amide bonds. The number of benzene rings is 1. The van der Waals surface area contributed by atoms with E-state index in [0.29, 0.717) is 6.61 Å². The normalized spacial score (nSPS) is 10.5. The molecular weight excluding hydrogens is 214 g/mol. The quantitative estimate of drug-likeness (QED) is 0.627. The molecule has 0 spiro atoms. The third-order valence-electron chi connectivity index (χ3n) is 2.55. The summed E-state index contributed by atoms with van der Waals surface area (Å²) >= 11 is 0. The predicted molar refractivity (Wildman–Crippen MR) is 70.1 cm³/mol. The van der Waals surface area contributed by atoms with Crippen LogP contribution in [0.4, 0.5) is 5.69 Å². The maximum atomic E-state index is 5.69. The lowest BCUT2D eigenvalue weighted by molar-refractivity contribution is 0.320. The number of ether oxygens (including phenoxy) is 1. The number of aryl methyl sites for hydroxylation is 1. The van der Waals surface area contributed by atoms with Crippen LogP contribution in [0.2, 0.25) is 0 Å². The molecule has 17 heavy (non-hydrogen) atoms. The van der Waals surface area contributed by atoms with Crippen molar-refractivity contribution in [2.24, 2.45) is 5.84 Å². The van der Waals surface area contributed by atoms with E-state index in [1.54, 1.807) is 0 Å². The van der Waals surface area contributed by atoms with Gasteiger partial charge in [-0.3, -0.25) is 5.84 Å². The van der Waals surface area contributed by atoms with Gasteiger partial charge in [-0.25, -0.2) is 4.98 Å². The van der Waals surface area contributed by atoms with Crippen LogP contribution in [0.5, 0.6) is 5.75 Å². The molecule has 4 heteroatoms. The Hall–Kier alpha value is -1.81. The zero-order chi connectivity index (χ0) is 12.3. The first-order chi connectivity index (χ1) is 8.26. The lowest BCUT2D eigenvalue weighted by atomic mass is 10.1. The van der Waals surface area contributed by atoms with Crippen molar-refractivity contribution in [1.29, 1.82) is 0 Å². The van der Waals surface area contributed by atoms with E-state index >= 15 is 0 Å². The minimum Gasteiger partial charge on any atom is -0.491 e. The molecule has 0 radical (unpaired) electrons. The van der Waals surface area contributed by atoms with Gasteiger partial charge >= 0.3 is 0 Å². The fourth-order valence-electron chi connectivity index (χ4n) is 1.80. The molecule has 4 nitrogen and oxygen atoms in total. The van der Waals surface area contributed by atoms with Gasteiger partial charge in [-0.15, -0.1) is 0 Å². The molecule has 90 valence electrons. The van der Waals surface area contributed by atoms with Crippen LogP contribution in [0.3, 0.4) is 0 Å². The van der Waals surface area contributed by atoms with Crippen LogP contribution in [-0.4, -0.2) is 11.6 Å². The van der Waals surface area contributed by atoms with Crippen molar-refractivity contribution in [3.63, 3.8) is 0 Å². The van der Waals surface area contributed by atoms with Crippen LogP contribution in [0.25, 0.3) is 10.9 Å². The molecule has 1 aromatic carbocycles. The van der Waals surface area contributed by atoms with E-state index in [9.17, 15) is 0 Å². The Balaban J connectivity index is 2.58. The number of anilines is 1. The Bertz CT molecular complexity index is 525. The van der Waals surface area contributed by atoms with Crippen molar-refractivity contribution in [2.75, 3.05) is 12.0 Å². The van der Waals surface area contributed by atoms with Crippen molar-refractivity contribution in [3.8, 4) is 5.75 Å². The lowest BCUT2D eigenvalue weighted by Gasteiger charge is -2.11. The van der Waals surface area contributed by atoms with Gasteiger partial charge in [0.2, 0.25) is 0 Å². The second kappa shape index (κ2) is 5.01. The highest BCUT2D eigenvalue weighted by atomic mass is 16.5. The van der Waals surface area contributed by atoms with Gasteiger partial charge in [0.15, 0.2) is 0 Å². The number of para-hydroxylation sites is 1. The molecule has 2 aromatic rings. The van der Waals surface area contributed by atoms with E-state index < -0.39 is 0 Å². The molecule has 0 bridgehead atoms. The zero-order valence-corrected chi connectivity index (χ0v) is 10.2. The van der Waals surface area contributed by atoms with Gasteiger partial charge in [0, 0.05) is 11.1 Å². The first-order valence-corrected chi connectivity index (χ1v) is 5.76. The monoisotopic (exact) mass is 231 g/mol. The molecule has 3 N–H and O–H groups in total. The van der Waals surface area contributed by atoms with E-state index in [2.05, 4.69) is 17.3 Å². The number of hydrogen-bond acceptors (Lipinski definition) is 4. The molecule has 1 aromatic heterocycles. The van der Waals surface area contributed by atoms with Crippen molar-refractivity contribution >= 4 is 16.6 Å². The van der Waals surface area contributed by atoms with Gasteiger partial charge in [-0.2, -0.15) is 0 Å². The van der Waals surface area contributed by atoms with Crippen LogP contribution in [0, 0.1) is 6.92 Å². The highest BCUT2D eigenvalue weighted by molar-refractivity contribution is 5.94. The summed E-state index contributed by atoms with van der Waals surface area (Å²) in [6.45, 7) is 4.72.